The minimum atomic E-state index is -2.18. The van der Waals surface area contributed by atoms with E-state index in [0.29, 0.717) is 0 Å². The predicted molar refractivity (Wildman–Crippen MR) is 62.9 cm³/mol. The zero-order valence-electron chi connectivity index (χ0n) is 9.54. The smallest absolute Gasteiger partial charge is 0.235 e. The van der Waals surface area contributed by atoms with Crippen molar-refractivity contribution in [3.63, 3.8) is 0 Å². The Labute approximate surface area is 116 Å². The molecule has 0 aromatic heterocycles. The lowest BCUT2D eigenvalue weighted by molar-refractivity contribution is -0.110. The summed E-state index contributed by atoms with van der Waals surface area (Å²) in [5.41, 5.74) is 0. The quantitative estimate of drug-likeness (QED) is 0.295. The minimum Gasteiger partial charge on any atom is -0.309 e. The van der Waals surface area contributed by atoms with Gasteiger partial charge in [0.25, 0.3) is 0 Å². The molecule has 0 aliphatic heterocycles. The first-order chi connectivity index (χ1) is 8.73. The molecule has 0 bridgehead atoms. The highest BCUT2D eigenvalue weighted by Crippen LogP contribution is 2.24. The van der Waals surface area contributed by atoms with Gasteiger partial charge in [0.05, 0.1) is 11.4 Å². The Bertz CT molecular complexity index is 367. The van der Waals surface area contributed by atoms with Gasteiger partial charge in [0.15, 0.2) is 23.3 Å². The van der Waals surface area contributed by atoms with E-state index in [2.05, 4.69) is 17.9 Å². The average molecular weight is 322 g/mol. The predicted octanol–water partition coefficient (Wildman–Crippen LogP) is 3.03. The maximum absolute atomic E-state index is 12.3. The fourth-order valence-electron chi connectivity index (χ4n) is 0.817. The van der Waals surface area contributed by atoms with E-state index in [1.165, 1.54) is 0 Å². The first kappa shape index (κ1) is 18.1. The van der Waals surface area contributed by atoms with Gasteiger partial charge in [0.1, 0.15) is 0 Å². The summed E-state index contributed by atoms with van der Waals surface area (Å²) in [6.07, 6.45) is 0. The lowest BCUT2D eigenvalue weighted by atomic mass is 10.3. The fraction of sp³-hybridized carbons (Fsp3) is 0.300. The van der Waals surface area contributed by atoms with Crippen molar-refractivity contribution < 1.29 is 26.7 Å². The van der Waals surface area contributed by atoms with Crippen LogP contribution in [0.15, 0.2) is 4.90 Å². The number of nitrogens with one attached hydrogen (secondary N) is 1. The number of hydrogen-bond acceptors (Lipinski definition) is 3. The van der Waals surface area contributed by atoms with Gasteiger partial charge < -0.3 is 5.32 Å². The van der Waals surface area contributed by atoms with Crippen molar-refractivity contribution in [3.05, 3.63) is 29.1 Å². The Morgan fingerprint density at radius 3 is 1.68 bits per heavy atom. The SMILES string of the molecule is CCNCC(=O)Cl.Fc1c(F)c(F)c(S)c(F)c1F. The Hall–Kier alpha value is -0.860. The van der Waals surface area contributed by atoms with E-state index >= 15 is 0 Å². The van der Waals surface area contributed by atoms with Crippen LogP contribution in [-0.2, 0) is 4.79 Å². The molecule has 0 aliphatic carbocycles. The second kappa shape index (κ2) is 8.34. The van der Waals surface area contributed by atoms with Gasteiger partial charge in [0, 0.05) is 0 Å². The first-order valence-electron chi connectivity index (χ1n) is 4.83. The van der Waals surface area contributed by atoms with E-state index in [1.54, 1.807) is 0 Å². The number of benzene rings is 1. The topological polar surface area (TPSA) is 29.1 Å². The summed E-state index contributed by atoms with van der Waals surface area (Å²) in [6, 6.07) is 0. The molecule has 0 amide bonds. The van der Waals surface area contributed by atoms with E-state index in [0.717, 1.165) is 6.54 Å². The molecule has 9 heteroatoms. The summed E-state index contributed by atoms with van der Waals surface area (Å²) in [5, 5.41) is 2.43. The molecular weight excluding hydrogens is 313 g/mol. The number of thiol groups is 1. The zero-order valence-corrected chi connectivity index (χ0v) is 11.2. The van der Waals surface area contributed by atoms with Crippen molar-refractivity contribution in [3.8, 4) is 0 Å². The lowest BCUT2D eigenvalue weighted by Gasteiger charge is -2.01. The summed E-state index contributed by atoms with van der Waals surface area (Å²) < 4.78 is 61.3. The van der Waals surface area contributed by atoms with Crippen LogP contribution >= 0.6 is 24.2 Å². The standard InChI is InChI=1S/C6HF5S.C4H8ClNO/c7-1-2(8)4(10)6(12)5(11)3(1)9;1-2-6-3-4(5)7/h12H;6H,2-3H2,1H3. The van der Waals surface area contributed by atoms with E-state index in [-0.39, 0.29) is 11.8 Å². The number of carbonyl (C=O) groups excluding carboxylic acids is 1. The molecule has 0 spiro atoms. The molecule has 2 nitrogen and oxygen atoms in total. The van der Waals surface area contributed by atoms with Crippen LogP contribution in [0.4, 0.5) is 22.0 Å². The highest BCUT2D eigenvalue weighted by Gasteiger charge is 2.23. The van der Waals surface area contributed by atoms with Gasteiger partial charge in [-0.1, -0.05) is 6.92 Å². The fourth-order valence-corrected chi connectivity index (χ4v) is 1.11. The number of halogens is 6. The van der Waals surface area contributed by atoms with Crippen LogP contribution in [0.2, 0.25) is 0 Å². The maximum Gasteiger partial charge on any atom is 0.235 e. The molecule has 1 aromatic carbocycles. The summed E-state index contributed by atoms with van der Waals surface area (Å²) in [4.78, 5) is 8.73. The van der Waals surface area contributed by atoms with Crippen LogP contribution in [0.3, 0.4) is 0 Å². The van der Waals surface area contributed by atoms with Crippen molar-refractivity contribution in [1.29, 1.82) is 0 Å². The van der Waals surface area contributed by atoms with Gasteiger partial charge in [-0.3, -0.25) is 4.79 Å². The lowest BCUT2D eigenvalue weighted by Crippen LogP contribution is -2.18. The molecule has 0 saturated carbocycles. The van der Waals surface area contributed by atoms with Crippen LogP contribution < -0.4 is 5.32 Å². The van der Waals surface area contributed by atoms with E-state index in [1.807, 2.05) is 6.92 Å². The summed E-state index contributed by atoms with van der Waals surface area (Å²) in [7, 11) is 0. The van der Waals surface area contributed by atoms with Crippen LogP contribution in [0, 0.1) is 29.1 Å². The number of hydrogen-bond donors (Lipinski definition) is 2. The Morgan fingerprint density at radius 1 is 1.05 bits per heavy atom. The number of carbonyl (C=O) groups is 1. The molecule has 0 fully saturated rings. The second-order valence-corrected chi connectivity index (χ2v) is 3.92. The average Bonchev–Trinajstić information content (AvgIpc) is 2.39. The third kappa shape index (κ3) is 5.33. The maximum atomic E-state index is 12.3. The largest absolute Gasteiger partial charge is 0.309 e. The van der Waals surface area contributed by atoms with E-state index in [9.17, 15) is 26.7 Å². The molecule has 19 heavy (non-hydrogen) atoms. The van der Waals surface area contributed by atoms with Crippen molar-refractivity contribution in [1.82, 2.24) is 5.32 Å². The van der Waals surface area contributed by atoms with Crippen LogP contribution in [-0.4, -0.2) is 18.3 Å². The van der Waals surface area contributed by atoms with Crippen LogP contribution in [0.25, 0.3) is 0 Å². The monoisotopic (exact) mass is 321 g/mol. The number of rotatable bonds is 3. The van der Waals surface area contributed by atoms with Crippen molar-refractivity contribution in [2.45, 2.75) is 11.8 Å². The summed E-state index contributed by atoms with van der Waals surface area (Å²) in [5.74, 6) is -10.00. The minimum absolute atomic E-state index is 0.276. The highest BCUT2D eigenvalue weighted by atomic mass is 35.5. The second-order valence-electron chi connectivity index (χ2n) is 3.05. The summed E-state index contributed by atoms with van der Waals surface area (Å²) >= 11 is 8.06. The van der Waals surface area contributed by atoms with E-state index in [4.69, 9.17) is 11.6 Å². The Balaban J connectivity index is 0.000000399. The summed E-state index contributed by atoms with van der Waals surface area (Å²) in [6.45, 7) is 2.98. The molecule has 0 radical (unpaired) electrons. The van der Waals surface area contributed by atoms with Crippen molar-refractivity contribution >= 4 is 29.5 Å². The van der Waals surface area contributed by atoms with Crippen molar-refractivity contribution in [2.75, 3.05) is 13.1 Å². The van der Waals surface area contributed by atoms with Gasteiger partial charge in [0.2, 0.25) is 11.1 Å². The Kier molecular flexibility index (Phi) is 7.96. The van der Waals surface area contributed by atoms with Gasteiger partial charge in [-0.15, -0.1) is 12.6 Å². The molecule has 0 heterocycles. The number of likely N-dealkylation sites (N-methyl/N-ethyl adjacent to an activating group) is 1. The third-order valence-electron chi connectivity index (χ3n) is 1.70. The first-order valence-corrected chi connectivity index (χ1v) is 5.65. The molecule has 0 aliphatic rings. The van der Waals surface area contributed by atoms with E-state index < -0.39 is 34.0 Å². The molecule has 1 rings (SSSR count). The van der Waals surface area contributed by atoms with Crippen LogP contribution in [0.5, 0.6) is 0 Å². The molecule has 1 N–H and O–H groups in total. The molecule has 0 saturated heterocycles. The molecule has 0 unspecified atom stereocenters. The zero-order chi connectivity index (χ0) is 15.2. The van der Waals surface area contributed by atoms with Crippen molar-refractivity contribution in [2.24, 2.45) is 0 Å². The third-order valence-corrected chi connectivity index (χ3v) is 2.23. The van der Waals surface area contributed by atoms with Gasteiger partial charge >= 0.3 is 0 Å². The molecular formula is C10H9ClF5NOS. The molecule has 108 valence electrons. The Morgan fingerprint density at radius 2 is 1.42 bits per heavy atom. The van der Waals surface area contributed by atoms with Gasteiger partial charge in [-0.2, -0.15) is 0 Å². The molecule has 1 aromatic rings. The van der Waals surface area contributed by atoms with Gasteiger partial charge in [-0.25, -0.2) is 22.0 Å². The van der Waals surface area contributed by atoms with Gasteiger partial charge in [-0.05, 0) is 18.1 Å². The van der Waals surface area contributed by atoms with Crippen LogP contribution in [0.1, 0.15) is 6.92 Å². The normalized spacial score (nSPS) is 9.89. The molecule has 0 atom stereocenters. The highest BCUT2D eigenvalue weighted by molar-refractivity contribution is 7.80.